The summed E-state index contributed by atoms with van der Waals surface area (Å²) in [5.74, 6) is -5.75. The van der Waals surface area contributed by atoms with E-state index in [0.29, 0.717) is 28.0 Å². The first-order valence-electron chi connectivity index (χ1n) is 16.8. The molecule has 1 heterocycles. The predicted molar refractivity (Wildman–Crippen MR) is 185 cm³/mol. The highest BCUT2D eigenvalue weighted by Crippen LogP contribution is 2.49. The van der Waals surface area contributed by atoms with Gasteiger partial charge in [-0.25, -0.2) is 4.90 Å². The van der Waals surface area contributed by atoms with Gasteiger partial charge in [0.2, 0.25) is 11.8 Å². The van der Waals surface area contributed by atoms with Crippen LogP contribution in [0.5, 0.6) is 5.75 Å². The highest BCUT2D eigenvalue weighted by Gasteiger charge is 2.56. The number of rotatable bonds is 10. The number of hydrogen-bond acceptors (Lipinski definition) is 6. The van der Waals surface area contributed by atoms with Crippen LogP contribution in [0.15, 0.2) is 96.1 Å². The van der Waals surface area contributed by atoms with E-state index in [2.05, 4.69) is 0 Å². The van der Waals surface area contributed by atoms with Crippen molar-refractivity contribution in [1.82, 2.24) is 0 Å². The molecule has 2 aliphatic rings. The second-order valence-corrected chi connectivity index (χ2v) is 13.2. The fourth-order valence-electron chi connectivity index (χ4n) is 7.61. The van der Waals surface area contributed by atoms with Crippen molar-refractivity contribution in [3.8, 4) is 5.75 Å². The fourth-order valence-corrected chi connectivity index (χ4v) is 7.61. The maximum Gasteiger partial charge on any atom is 0.416 e. The lowest BCUT2D eigenvalue weighted by atomic mass is 9.68. The highest BCUT2D eigenvalue weighted by molar-refractivity contribution is 6.22. The van der Waals surface area contributed by atoms with E-state index in [0.717, 1.165) is 22.1 Å². The lowest BCUT2D eigenvalue weighted by molar-refractivity contribution is -0.143. The van der Waals surface area contributed by atoms with Gasteiger partial charge in [0.15, 0.2) is 0 Å². The Morgan fingerprint density at radius 3 is 2.11 bits per heavy atom. The summed E-state index contributed by atoms with van der Waals surface area (Å²) in [5, 5.41) is 34.4. The van der Waals surface area contributed by atoms with Crippen LogP contribution in [0, 0.1) is 17.8 Å². The van der Waals surface area contributed by atoms with Gasteiger partial charge < -0.3 is 20.1 Å². The van der Waals surface area contributed by atoms with Gasteiger partial charge in [-0.05, 0) is 76.8 Å². The van der Waals surface area contributed by atoms with E-state index in [9.17, 15) is 51.3 Å². The molecule has 4 aromatic carbocycles. The molecule has 13 heteroatoms. The molecule has 6 rings (SSSR count). The molecule has 0 saturated carbocycles. The molecule has 3 N–H and O–H groups in total. The Labute approximate surface area is 300 Å². The quantitative estimate of drug-likeness (QED) is 0.0659. The molecule has 53 heavy (non-hydrogen) atoms. The van der Waals surface area contributed by atoms with Crippen molar-refractivity contribution < 1.29 is 56.0 Å². The number of amides is 2. The van der Waals surface area contributed by atoms with Crippen molar-refractivity contribution in [2.75, 3.05) is 25.2 Å². The summed E-state index contributed by atoms with van der Waals surface area (Å²) >= 11 is 0. The van der Waals surface area contributed by atoms with Gasteiger partial charge in [-0.1, -0.05) is 66.7 Å². The number of imide groups is 1. The van der Waals surface area contributed by atoms with Crippen molar-refractivity contribution in [3.63, 3.8) is 0 Å². The van der Waals surface area contributed by atoms with Gasteiger partial charge >= 0.3 is 12.4 Å². The first kappa shape index (κ1) is 37.8. The molecule has 0 aromatic heterocycles. The van der Waals surface area contributed by atoms with E-state index < -0.39 is 71.4 Å². The number of carbonyl (C=O) groups excluding carboxylic acids is 2. The first-order valence-corrected chi connectivity index (χ1v) is 16.8. The van der Waals surface area contributed by atoms with E-state index in [1.807, 2.05) is 54.6 Å². The number of methoxy groups -OCH3 is 1. The Morgan fingerprint density at radius 2 is 1.51 bits per heavy atom. The molecule has 1 aliphatic heterocycles. The van der Waals surface area contributed by atoms with Gasteiger partial charge in [-0.15, -0.1) is 0 Å². The number of hydrogen-bond donors (Lipinski definition) is 3. The summed E-state index contributed by atoms with van der Waals surface area (Å²) in [4.78, 5) is 28.0. The van der Waals surface area contributed by atoms with Gasteiger partial charge in [0.05, 0.1) is 48.0 Å². The highest BCUT2D eigenvalue weighted by atomic mass is 19.4. The van der Waals surface area contributed by atoms with Crippen molar-refractivity contribution in [2.24, 2.45) is 17.8 Å². The first-order chi connectivity index (χ1) is 25.1. The summed E-state index contributed by atoms with van der Waals surface area (Å²) in [5.41, 5.74) is -1.16. The number of allylic oxidation sites excluding steroid dienone is 1. The minimum Gasteiger partial charge on any atom is -0.507 e. The number of halogens is 6. The SMILES string of the molecule is COCC1=C([C@H](O)CC/C(=C/c2ccc(O)c3ccccc23)c2ccccc2)[C@H](CO)[C@@H]2C(=O)N(c3cc(C(F)(F)F)cc(C(F)(F)F)c3)C(=O)[C@@H]2C1. The molecule has 7 nitrogen and oxygen atoms in total. The molecule has 4 aromatic rings. The van der Waals surface area contributed by atoms with Crippen LogP contribution in [-0.4, -0.2) is 53.6 Å². The van der Waals surface area contributed by atoms with Crippen LogP contribution in [0.4, 0.5) is 32.0 Å². The Morgan fingerprint density at radius 1 is 0.887 bits per heavy atom. The molecule has 0 spiro atoms. The zero-order valence-electron chi connectivity index (χ0n) is 28.3. The number of ether oxygens (including phenoxy) is 1. The topological polar surface area (TPSA) is 107 Å². The summed E-state index contributed by atoms with van der Waals surface area (Å²) in [6, 6.07) is 20.6. The number of nitrogens with zero attached hydrogens (tertiary/aromatic N) is 1. The zero-order valence-corrected chi connectivity index (χ0v) is 28.3. The number of aliphatic hydroxyl groups excluding tert-OH is 2. The third-order valence-corrected chi connectivity index (χ3v) is 9.99. The maximum atomic E-state index is 13.9. The number of alkyl halides is 6. The molecule has 0 unspecified atom stereocenters. The predicted octanol–water partition coefficient (Wildman–Crippen LogP) is 8.03. The molecule has 1 fully saturated rings. The van der Waals surface area contributed by atoms with Gasteiger partial charge in [0, 0.05) is 18.4 Å². The molecular formula is C40H35F6NO6. The molecule has 1 aliphatic carbocycles. The molecule has 2 amide bonds. The number of aromatic hydroxyl groups is 1. The van der Waals surface area contributed by atoms with Crippen LogP contribution in [0.25, 0.3) is 22.4 Å². The van der Waals surface area contributed by atoms with Crippen LogP contribution in [0.3, 0.4) is 0 Å². The maximum absolute atomic E-state index is 13.9. The summed E-state index contributed by atoms with van der Waals surface area (Å²) in [6.07, 6.45) is -9.60. The number of fused-ring (bicyclic) bond motifs is 2. The lowest BCUT2D eigenvalue weighted by Gasteiger charge is -2.36. The number of phenols is 1. The number of aliphatic hydroxyl groups is 2. The normalized spacial score (nSPS) is 20.4. The molecule has 0 radical (unpaired) electrons. The number of carbonyl (C=O) groups is 2. The molecule has 1 saturated heterocycles. The van der Waals surface area contributed by atoms with Crippen molar-refractivity contribution in [3.05, 3.63) is 118 Å². The Hall–Kier alpha value is -4.98. The standard InChI is InChI=1S/C40H35F6NO6/c1-53-21-25-16-31-36(38(52)47(37(31)51)28-18-26(39(41,42)43)17-27(19-28)40(44,45)46)32(20-48)35(25)34(50)14-11-23(22-7-3-2-4-8-22)15-24-12-13-33(49)30-10-6-5-9-29(24)30/h2-10,12-13,15,17-19,31-32,34,36,48-50H,11,14,16,20-21H2,1H3/b23-15-/t31-,32+,34-,36-/m1/s1. The average molecular weight is 740 g/mol. The zero-order chi connectivity index (χ0) is 38.2. The molecular weight excluding hydrogens is 704 g/mol. The van der Waals surface area contributed by atoms with Crippen LogP contribution in [-0.2, 0) is 26.7 Å². The Bertz CT molecular complexity index is 2060. The average Bonchev–Trinajstić information content (AvgIpc) is 3.38. The Kier molecular flexibility index (Phi) is 10.5. The lowest BCUT2D eigenvalue weighted by Crippen LogP contribution is -2.39. The summed E-state index contributed by atoms with van der Waals surface area (Å²) in [7, 11) is 1.37. The van der Waals surface area contributed by atoms with Gasteiger partial charge in [-0.3, -0.25) is 9.59 Å². The molecule has 278 valence electrons. The van der Waals surface area contributed by atoms with E-state index in [1.165, 1.54) is 7.11 Å². The van der Waals surface area contributed by atoms with Gasteiger partial charge in [0.25, 0.3) is 0 Å². The number of phenolic OH excluding ortho intramolecular Hbond substituents is 1. The minimum atomic E-state index is -5.21. The Balaban J connectivity index is 1.34. The third-order valence-electron chi connectivity index (χ3n) is 9.99. The van der Waals surface area contributed by atoms with Crippen LogP contribution in [0.2, 0.25) is 0 Å². The summed E-state index contributed by atoms with van der Waals surface area (Å²) < 4.78 is 87.6. The molecule has 0 bridgehead atoms. The fraction of sp³-hybridized carbons (Fsp3) is 0.300. The van der Waals surface area contributed by atoms with Gasteiger partial charge in [-0.2, -0.15) is 26.3 Å². The second kappa shape index (κ2) is 14.8. The third kappa shape index (κ3) is 7.46. The van der Waals surface area contributed by atoms with Crippen LogP contribution in [0.1, 0.15) is 41.5 Å². The van der Waals surface area contributed by atoms with E-state index in [1.54, 1.807) is 18.2 Å². The molecule has 4 atom stereocenters. The van der Waals surface area contributed by atoms with Crippen molar-refractivity contribution in [2.45, 2.75) is 37.7 Å². The van der Waals surface area contributed by atoms with E-state index in [4.69, 9.17) is 4.74 Å². The van der Waals surface area contributed by atoms with Crippen molar-refractivity contribution >= 4 is 39.9 Å². The second-order valence-electron chi connectivity index (χ2n) is 13.2. The number of benzene rings is 4. The minimum absolute atomic E-state index is 0.0710. The van der Waals surface area contributed by atoms with Crippen molar-refractivity contribution in [1.29, 1.82) is 0 Å². The number of anilines is 1. The summed E-state index contributed by atoms with van der Waals surface area (Å²) in [6.45, 7) is -0.860. The van der Waals surface area contributed by atoms with E-state index >= 15 is 0 Å². The van der Waals surface area contributed by atoms with Crippen LogP contribution < -0.4 is 4.90 Å². The monoisotopic (exact) mass is 739 g/mol. The smallest absolute Gasteiger partial charge is 0.416 e. The van der Waals surface area contributed by atoms with E-state index in [-0.39, 0.29) is 43.3 Å². The largest absolute Gasteiger partial charge is 0.507 e. The van der Waals surface area contributed by atoms with Crippen LogP contribution >= 0.6 is 0 Å². The van der Waals surface area contributed by atoms with Gasteiger partial charge in [0.1, 0.15) is 5.75 Å².